The number of nitrogens with one attached hydrogen (secondary N) is 1. The zero-order valence-corrected chi connectivity index (χ0v) is 17.3. The Labute approximate surface area is 182 Å². The molecule has 1 atom stereocenters. The van der Waals surface area contributed by atoms with Crippen LogP contribution in [0.4, 0.5) is 5.95 Å². The van der Waals surface area contributed by atoms with Gasteiger partial charge in [-0.2, -0.15) is 4.98 Å². The zero-order valence-electron chi connectivity index (χ0n) is 16.5. The van der Waals surface area contributed by atoms with Crippen LogP contribution in [-0.2, 0) is 10.5 Å². The second kappa shape index (κ2) is 7.99. The lowest BCUT2D eigenvalue weighted by atomic mass is 9.84. The number of thioether (sulfide) groups is 1. The molecule has 8 nitrogen and oxygen atoms in total. The Bertz CT molecular complexity index is 1200. The van der Waals surface area contributed by atoms with Crippen LogP contribution in [-0.4, -0.2) is 36.6 Å². The first-order valence-corrected chi connectivity index (χ1v) is 10.9. The Morgan fingerprint density at radius 3 is 2.84 bits per heavy atom. The Kier molecular flexibility index (Phi) is 5.03. The molecule has 0 unspecified atom stereocenters. The molecule has 1 aromatic carbocycles. The Balaban J connectivity index is 1.57. The van der Waals surface area contributed by atoms with Gasteiger partial charge < -0.3 is 10.4 Å². The molecule has 1 aliphatic carbocycles. The summed E-state index contributed by atoms with van der Waals surface area (Å²) < 4.78 is 1.64. The molecule has 0 fully saturated rings. The number of ketones is 1. The summed E-state index contributed by atoms with van der Waals surface area (Å²) in [5.41, 5.74) is 2.99. The number of hydrogen-bond donors (Lipinski definition) is 2. The number of hydrogen-bond acceptors (Lipinski definition) is 7. The fourth-order valence-corrected chi connectivity index (χ4v) is 4.78. The summed E-state index contributed by atoms with van der Waals surface area (Å²) in [6.07, 6.45) is 3.66. The van der Waals surface area contributed by atoms with Crippen molar-refractivity contribution in [2.24, 2.45) is 0 Å². The van der Waals surface area contributed by atoms with Crippen molar-refractivity contribution in [3.8, 4) is 0 Å². The highest BCUT2D eigenvalue weighted by molar-refractivity contribution is 7.98. The molecule has 3 heterocycles. The van der Waals surface area contributed by atoms with Gasteiger partial charge in [0.25, 0.3) is 0 Å². The van der Waals surface area contributed by atoms with E-state index in [0.717, 1.165) is 24.2 Å². The SMILES string of the molecule is O=C1CCCC2=C1[C@@H](c1ccccc1C(=O)O)n1nc(SCc3ccccn3)nc1N2. The first kappa shape index (κ1) is 19.5. The number of allylic oxidation sites excluding steroid dienone is 2. The van der Waals surface area contributed by atoms with Gasteiger partial charge in [0.1, 0.15) is 6.04 Å². The molecule has 0 saturated carbocycles. The van der Waals surface area contributed by atoms with Crippen molar-refractivity contribution in [3.05, 3.63) is 76.8 Å². The number of rotatable bonds is 5. The normalized spacial score (nSPS) is 17.7. The molecule has 2 N–H and O–H groups in total. The molecular weight excluding hydrogens is 414 g/mol. The van der Waals surface area contributed by atoms with E-state index < -0.39 is 12.0 Å². The highest BCUT2D eigenvalue weighted by Gasteiger charge is 2.38. The van der Waals surface area contributed by atoms with Crippen molar-refractivity contribution in [1.29, 1.82) is 0 Å². The van der Waals surface area contributed by atoms with Gasteiger partial charge in [-0.1, -0.05) is 36.0 Å². The lowest BCUT2D eigenvalue weighted by molar-refractivity contribution is -0.116. The lowest BCUT2D eigenvalue weighted by Gasteiger charge is -2.32. The van der Waals surface area contributed by atoms with Gasteiger partial charge in [0.15, 0.2) is 5.78 Å². The molecular formula is C22H19N5O3S. The first-order valence-electron chi connectivity index (χ1n) is 9.96. The van der Waals surface area contributed by atoms with Crippen LogP contribution in [0.2, 0.25) is 0 Å². The summed E-state index contributed by atoms with van der Waals surface area (Å²) in [7, 11) is 0. The van der Waals surface area contributed by atoms with E-state index in [1.807, 2.05) is 18.2 Å². The maximum atomic E-state index is 12.9. The van der Waals surface area contributed by atoms with Gasteiger partial charge >= 0.3 is 5.97 Å². The first-order chi connectivity index (χ1) is 15.1. The Morgan fingerprint density at radius 2 is 2.03 bits per heavy atom. The van der Waals surface area contributed by atoms with Crippen LogP contribution in [0.5, 0.6) is 0 Å². The van der Waals surface area contributed by atoms with Crippen molar-refractivity contribution in [2.45, 2.75) is 36.2 Å². The van der Waals surface area contributed by atoms with E-state index in [1.54, 1.807) is 35.1 Å². The summed E-state index contributed by atoms with van der Waals surface area (Å²) >= 11 is 1.44. The summed E-state index contributed by atoms with van der Waals surface area (Å²) in [4.78, 5) is 33.7. The monoisotopic (exact) mass is 433 g/mol. The van der Waals surface area contributed by atoms with Crippen molar-refractivity contribution >= 4 is 29.5 Å². The van der Waals surface area contributed by atoms with Gasteiger partial charge in [0.2, 0.25) is 11.1 Å². The largest absolute Gasteiger partial charge is 0.478 e. The Hall–Kier alpha value is -3.46. The predicted octanol–water partition coefficient (Wildman–Crippen LogP) is 3.69. The third-order valence-corrected chi connectivity index (χ3v) is 6.28. The van der Waals surface area contributed by atoms with Crippen LogP contribution in [0.15, 0.2) is 65.1 Å². The highest BCUT2D eigenvalue weighted by Crippen LogP contribution is 2.41. The minimum atomic E-state index is -1.04. The molecule has 1 aliphatic heterocycles. The summed E-state index contributed by atoms with van der Waals surface area (Å²) in [5.74, 6) is 0.100. The molecule has 0 bridgehead atoms. The smallest absolute Gasteiger partial charge is 0.336 e. The van der Waals surface area contributed by atoms with Crippen molar-refractivity contribution in [1.82, 2.24) is 19.7 Å². The predicted molar refractivity (Wildman–Crippen MR) is 115 cm³/mol. The zero-order chi connectivity index (χ0) is 21.4. The summed E-state index contributed by atoms with van der Waals surface area (Å²) in [5, 5.41) is 18.2. The number of anilines is 1. The number of aromatic carboxylic acids is 1. The summed E-state index contributed by atoms with van der Waals surface area (Å²) in [6, 6.07) is 11.9. The number of carbonyl (C=O) groups is 2. The number of carboxylic acids is 1. The molecule has 156 valence electrons. The average Bonchev–Trinajstić information content (AvgIpc) is 3.19. The van der Waals surface area contributed by atoms with E-state index >= 15 is 0 Å². The van der Waals surface area contributed by atoms with Gasteiger partial charge in [-0.25, -0.2) is 9.48 Å². The third kappa shape index (κ3) is 3.61. The van der Waals surface area contributed by atoms with Crippen LogP contribution in [0, 0.1) is 0 Å². The number of carbonyl (C=O) groups excluding carboxylic acids is 1. The molecule has 0 radical (unpaired) electrons. The number of aromatic nitrogens is 4. The van der Waals surface area contributed by atoms with Crippen LogP contribution in [0.25, 0.3) is 0 Å². The molecule has 0 saturated heterocycles. The van der Waals surface area contributed by atoms with E-state index in [9.17, 15) is 14.7 Å². The van der Waals surface area contributed by atoms with E-state index in [4.69, 9.17) is 0 Å². The Morgan fingerprint density at radius 1 is 1.19 bits per heavy atom. The number of carboxylic acid groups (broad SMARTS) is 1. The van der Waals surface area contributed by atoms with Gasteiger partial charge in [-0.05, 0) is 36.6 Å². The van der Waals surface area contributed by atoms with Crippen molar-refractivity contribution in [3.63, 3.8) is 0 Å². The average molecular weight is 433 g/mol. The highest BCUT2D eigenvalue weighted by atomic mass is 32.2. The van der Waals surface area contributed by atoms with Crippen LogP contribution < -0.4 is 5.32 Å². The quantitative estimate of drug-likeness (QED) is 0.586. The number of nitrogens with zero attached hydrogens (tertiary/aromatic N) is 4. The minimum Gasteiger partial charge on any atom is -0.478 e. The standard InChI is InChI=1S/C22H19N5O3S/c28-17-10-5-9-16-18(17)19(14-7-1-2-8-15(14)20(29)30)27-21(24-16)25-22(26-27)31-12-13-6-3-4-11-23-13/h1-4,6-8,11,19H,5,9-10,12H2,(H,29,30)(H,24,25,26)/t19-/m1/s1. The molecule has 0 amide bonds. The number of pyridine rings is 1. The van der Waals surface area contributed by atoms with Gasteiger partial charge in [-0.3, -0.25) is 9.78 Å². The van der Waals surface area contributed by atoms with E-state index in [2.05, 4.69) is 20.4 Å². The third-order valence-electron chi connectivity index (χ3n) is 5.41. The van der Waals surface area contributed by atoms with Crippen molar-refractivity contribution < 1.29 is 14.7 Å². The van der Waals surface area contributed by atoms with Crippen LogP contribution in [0.3, 0.4) is 0 Å². The second-order valence-electron chi connectivity index (χ2n) is 7.36. The second-order valence-corrected chi connectivity index (χ2v) is 8.30. The maximum Gasteiger partial charge on any atom is 0.336 e. The fourth-order valence-electron chi connectivity index (χ4n) is 4.04. The van der Waals surface area contributed by atoms with Gasteiger partial charge in [-0.15, -0.1) is 5.10 Å². The van der Waals surface area contributed by atoms with Crippen molar-refractivity contribution in [2.75, 3.05) is 5.32 Å². The van der Waals surface area contributed by atoms with Crippen LogP contribution in [0.1, 0.15) is 46.9 Å². The molecule has 0 spiro atoms. The topological polar surface area (TPSA) is 110 Å². The number of benzene rings is 1. The van der Waals surface area contributed by atoms with E-state index in [1.165, 1.54) is 11.8 Å². The summed E-state index contributed by atoms with van der Waals surface area (Å²) in [6.45, 7) is 0. The van der Waals surface area contributed by atoms with Gasteiger partial charge in [0, 0.05) is 29.6 Å². The molecule has 3 aromatic rings. The molecule has 9 heteroatoms. The lowest BCUT2D eigenvalue weighted by Crippen LogP contribution is -2.32. The number of fused-ring (bicyclic) bond motifs is 1. The molecule has 2 aromatic heterocycles. The molecule has 2 aliphatic rings. The van der Waals surface area contributed by atoms with Crippen LogP contribution >= 0.6 is 11.8 Å². The maximum absolute atomic E-state index is 12.9. The molecule has 31 heavy (non-hydrogen) atoms. The minimum absolute atomic E-state index is 0.0165. The molecule has 5 rings (SSSR count). The van der Waals surface area contributed by atoms with E-state index in [-0.39, 0.29) is 11.3 Å². The van der Waals surface area contributed by atoms with E-state index in [0.29, 0.717) is 34.4 Å². The van der Waals surface area contributed by atoms with Gasteiger partial charge in [0.05, 0.1) is 11.3 Å². The fraction of sp³-hybridized carbons (Fsp3) is 0.227. The number of Topliss-reactive ketones (excluding diaryl/α,β-unsaturated/α-hetero) is 1.